The maximum absolute atomic E-state index is 12.8. The van der Waals surface area contributed by atoms with Crippen molar-refractivity contribution in [3.63, 3.8) is 0 Å². The Morgan fingerprint density at radius 1 is 1.21 bits per heavy atom. The summed E-state index contributed by atoms with van der Waals surface area (Å²) in [7, 11) is 2.02. The number of fused-ring (bicyclic) bond motifs is 1. The third-order valence-corrected chi connectivity index (χ3v) is 5.47. The van der Waals surface area contributed by atoms with Crippen LogP contribution in [-0.2, 0) is 4.74 Å². The molecule has 1 fully saturated rings. The molecule has 0 bridgehead atoms. The van der Waals surface area contributed by atoms with Gasteiger partial charge in [0.1, 0.15) is 5.69 Å². The molecule has 29 heavy (non-hydrogen) atoms. The van der Waals surface area contributed by atoms with Crippen molar-refractivity contribution in [1.82, 2.24) is 15.3 Å². The van der Waals surface area contributed by atoms with Gasteiger partial charge in [0, 0.05) is 56.8 Å². The summed E-state index contributed by atoms with van der Waals surface area (Å²) in [6.07, 6.45) is 5.48. The van der Waals surface area contributed by atoms with Crippen LogP contribution in [0.4, 0.5) is 5.69 Å². The molecule has 0 aliphatic carbocycles. The quantitative estimate of drug-likeness (QED) is 0.699. The normalized spacial score (nSPS) is 14.7. The Kier molecular flexibility index (Phi) is 6.00. The third-order valence-electron chi connectivity index (χ3n) is 5.47. The molecule has 4 rings (SSSR count). The Morgan fingerprint density at radius 2 is 2.00 bits per heavy atom. The molecule has 1 N–H and O–H groups in total. The number of nitrogens with zero attached hydrogens (tertiary/aromatic N) is 3. The van der Waals surface area contributed by atoms with Crippen LogP contribution in [0.5, 0.6) is 0 Å². The molecule has 0 atom stereocenters. The first-order valence-electron chi connectivity index (χ1n) is 10.1. The number of likely N-dealkylation sites (N-methyl/N-ethyl adjacent to an activating group) is 1. The standard InChI is InChI=1S/C23H26N4O2/c1-27(18-5-3-2-4-6-18)12-11-25-23(28)22-15-19(17-8-13-29-14-9-17)20-16-24-10-7-21(20)26-22/h2-7,10,15-17H,8-9,11-14H2,1H3,(H,25,28). The van der Waals surface area contributed by atoms with E-state index in [9.17, 15) is 4.79 Å². The minimum absolute atomic E-state index is 0.140. The molecule has 2 aromatic heterocycles. The highest BCUT2D eigenvalue weighted by Crippen LogP contribution is 2.32. The van der Waals surface area contributed by atoms with Crippen molar-refractivity contribution in [2.24, 2.45) is 0 Å². The van der Waals surface area contributed by atoms with E-state index in [2.05, 4.69) is 32.3 Å². The van der Waals surface area contributed by atoms with Gasteiger partial charge in [-0.25, -0.2) is 4.98 Å². The minimum Gasteiger partial charge on any atom is -0.381 e. The van der Waals surface area contributed by atoms with Gasteiger partial charge in [-0.2, -0.15) is 0 Å². The van der Waals surface area contributed by atoms with E-state index < -0.39 is 0 Å². The van der Waals surface area contributed by atoms with Crippen molar-refractivity contribution in [3.8, 4) is 0 Å². The van der Waals surface area contributed by atoms with E-state index in [1.165, 1.54) is 0 Å². The van der Waals surface area contributed by atoms with Gasteiger partial charge in [-0.1, -0.05) is 18.2 Å². The summed E-state index contributed by atoms with van der Waals surface area (Å²) in [6.45, 7) is 2.77. The second-order valence-electron chi connectivity index (χ2n) is 7.39. The number of para-hydroxylation sites is 1. The predicted molar refractivity (Wildman–Crippen MR) is 114 cm³/mol. The zero-order valence-electron chi connectivity index (χ0n) is 16.7. The van der Waals surface area contributed by atoms with Gasteiger partial charge in [-0.05, 0) is 48.6 Å². The van der Waals surface area contributed by atoms with E-state index in [4.69, 9.17) is 4.74 Å². The molecule has 1 aromatic carbocycles. The highest BCUT2D eigenvalue weighted by Gasteiger charge is 2.21. The van der Waals surface area contributed by atoms with Gasteiger partial charge in [-0.15, -0.1) is 0 Å². The summed E-state index contributed by atoms with van der Waals surface area (Å²) < 4.78 is 5.51. The van der Waals surface area contributed by atoms with Gasteiger partial charge in [0.15, 0.2) is 0 Å². The van der Waals surface area contributed by atoms with Crippen LogP contribution in [-0.4, -0.2) is 49.2 Å². The monoisotopic (exact) mass is 390 g/mol. The number of hydrogen-bond donors (Lipinski definition) is 1. The largest absolute Gasteiger partial charge is 0.381 e. The number of anilines is 1. The zero-order valence-corrected chi connectivity index (χ0v) is 16.7. The van der Waals surface area contributed by atoms with E-state index in [1.807, 2.05) is 43.6 Å². The van der Waals surface area contributed by atoms with Crippen LogP contribution in [0.25, 0.3) is 10.9 Å². The summed E-state index contributed by atoms with van der Waals surface area (Å²) >= 11 is 0. The number of carbonyl (C=O) groups is 1. The van der Waals surface area contributed by atoms with Gasteiger partial charge in [0.25, 0.3) is 5.91 Å². The Labute approximate surface area is 170 Å². The maximum Gasteiger partial charge on any atom is 0.269 e. The minimum atomic E-state index is -0.140. The molecular weight excluding hydrogens is 364 g/mol. The van der Waals surface area contributed by atoms with Gasteiger partial charge < -0.3 is 15.0 Å². The van der Waals surface area contributed by atoms with E-state index in [-0.39, 0.29) is 5.91 Å². The lowest BCUT2D eigenvalue weighted by atomic mass is 9.89. The molecule has 1 aliphatic rings. The summed E-state index contributed by atoms with van der Waals surface area (Å²) in [6, 6.07) is 13.9. The highest BCUT2D eigenvalue weighted by atomic mass is 16.5. The highest BCUT2D eigenvalue weighted by molar-refractivity contribution is 5.96. The van der Waals surface area contributed by atoms with Crippen LogP contribution in [0.15, 0.2) is 54.9 Å². The molecule has 0 spiro atoms. The van der Waals surface area contributed by atoms with Crippen molar-refractivity contribution < 1.29 is 9.53 Å². The summed E-state index contributed by atoms with van der Waals surface area (Å²) in [4.78, 5) is 23.8. The van der Waals surface area contributed by atoms with Crippen LogP contribution < -0.4 is 10.2 Å². The smallest absolute Gasteiger partial charge is 0.269 e. The summed E-state index contributed by atoms with van der Waals surface area (Å²) in [5.41, 5.74) is 3.56. The van der Waals surface area contributed by atoms with Gasteiger partial charge in [0.2, 0.25) is 0 Å². The molecule has 1 amide bonds. The lowest BCUT2D eigenvalue weighted by Crippen LogP contribution is -2.33. The SMILES string of the molecule is CN(CCNC(=O)c1cc(C2CCOCC2)c2cnccc2n1)c1ccccc1. The second kappa shape index (κ2) is 9.01. The van der Waals surface area contributed by atoms with Gasteiger partial charge >= 0.3 is 0 Å². The lowest BCUT2D eigenvalue weighted by molar-refractivity contribution is 0.0855. The fourth-order valence-corrected chi connectivity index (χ4v) is 3.80. The van der Waals surface area contributed by atoms with Crippen molar-refractivity contribution in [1.29, 1.82) is 0 Å². The molecule has 6 nitrogen and oxygen atoms in total. The number of rotatable bonds is 6. The topological polar surface area (TPSA) is 67.4 Å². The van der Waals surface area contributed by atoms with Crippen LogP contribution >= 0.6 is 0 Å². The number of nitrogens with one attached hydrogen (secondary N) is 1. The van der Waals surface area contributed by atoms with Crippen molar-refractivity contribution in [3.05, 3.63) is 66.1 Å². The average Bonchev–Trinajstić information content (AvgIpc) is 2.79. The van der Waals surface area contributed by atoms with Crippen LogP contribution in [0.1, 0.15) is 34.8 Å². The first kappa shape index (κ1) is 19.3. The molecule has 3 aromatic rings. The number of carbonyl (C=O) groups excluding carboxylic acids is 1. The second-order valence-corrected chi connectivity index (χ2v) is 7.39. The number of amides is 1. The Balaban J connectivity index is 1.48. The number of pyridine rings is 2. The van der Waals surface area contributed by atoms with Gasteiger partial charge in [-0.3, -0.25) is 9.78 Å². The number of benzene rings is 1. The van der Waals surface area contributed by atoms with Crippen molar-refractivity contribution in [2.75, 3.05) is 38.3 Å². The van der Waals surface area contributed by atoms with E-state index >= 15 is 0 Å². The fraction of sp³-hybridized carbons (Fsp3) is 0.348. The molecule has 1 aliphatic heterocycles. The Morgan fingerprint density at radius 3 is 2.79 bits per heavy atom. The van der Waals surface area contributed by atoms with Crippen LogP contribution in [0.2, 0.25) is 0 Å². The van der Waals surface area contributed by atoms with Gasteiger partial charge in [0.05, 0.1) is 5.52 Å². The van der Waals surface area contributed by atoms with E-state index in [0.717, 1.165) is 54.8 Å². The lowest BCUT2D eigenvalue weighted by Gasteiger charge is -2.24. The first-order valence-corrected chi connectivity index (χ1v) is 10.1. The predicted octanol–water partition coefficient (Wildman–Crippen LogP) is 3.39. The molecule has 6 heteroatoms. The summed E-state index contributed by atoms with van der Waals surface area (Å²) in [5.74, 6) is 0.229. The maximum atomic E-state index is 12.8. The molecule has 3 heterocycles. The Hall–Kier alpha value is -2.99. The Bertz CT molecular complexity index is 971. The molecule has 0 radical (unpaired) electrons. The van der Waals surface area contributed by atoms with E-state index in [1.54, 1.807) is 6.20 Å². The number of aromatic nitrogens is 2. The van der Waals surface area contributed by atoms with E-state index in [0.29, 0.717) is 18.2 Å². The van der Waals surface area contributed by atoms with Crippen molar-refractivity contribution in [2.45, 2.75) is 18.8 Å². The molecule has 0 unspecified atom stereocenters. The first-order chi connectivity index (χ1) is 14.2. The number of hydrogen-bond acceptors (Lipinski definition) is 5. The number of ether oxygens (including phenoxy) is 1. The fourth-order valence-electron chi connectivity index (χ4n) is 3.80. The molecule has 0 saturated carbocycles. The third kappa shape index (κ3) is 4.54. The zero-order chi connectivity index (χ0) is 20.1. The molecule has 150 valence electrons. The molecular formula is C23H26N4O2. The molecule has 1 saturated heterocycles. The van der Waals surface area contributed by atoms with Crippen LogP contribution in [0.3, 0.4) is 0 Å². The van der Waals surface area contributed by atoms with Crippen molar-refractivity contribution >= 4 is 22.5 Å². The summed E-state index contributed by atoms with van der Waals surface area (Å²) in [5, 5.41) is 4.04. The van der Waals surface area contributed by atoms with Crippen LogP contribution in [0, 0.1) is 0 Å². The average molecular weight is 390 g/mol.